The van der Waals surface area contributed by atoms with Crippen LogP contribution in [0, 0.1) is 16.6 Å². The number of likely N-dealkylation sites (tertiary alicyclic amines) is 1. The number of benzene rings is 2. The highest BCUT2D eigenvalue weighted by Crippen LogP contribution is 2.60. The lowest BCUT2D eigenvalue weighted by atomic mass is 9.53. The van der Waals surface area contributed by atoms with Gasteiger partial charge in [0.05, 0.1) is 16.4 Å². The Kier molecular flexibility index (Phi) is 7.62. The van der Waals surface area contributed by atoms with Gasteiger partial charge in [-0.05, 0) is 99.6 Å². The van der Waals surface area contributed by atoms with Crippen LogP contribution in [-0.4, -0.2) is 55.2 Å². The number of rotatable bonds is 5. The molecule has 1 aliphatic heterocycles. The smallest absolute Gasteiger partial charge is 0.435 e. The van der Waals surface area contributed by atoms with E-state index in [-0.39, 0.29) is 92.7 Å². The number of hydrogen-bond acceptors (Lipinski definition) is 4. The fourth-order valence-electron chi connectivity index (χ4n) is 8.65. The van der Waals surface area contributed by atoms with Crippen LogP contribution in [0.1, 0.15) is 74.5 Å². The Morgan fingerprint density at radius 3 is 1.89 bits per heavy atom. The van der Waals surface area contributed by atoms with E-state index >= 15 is 4.39 Å². The van der Waals surface area contributed by atoms with Crippen molar-refractivity contribution in [2.45, 2.75) is 97.9 Å². The van der Waals surface area contributed by atoms with Crippen LogP contribution < -0.4 is 0 Å². The molecule has 3 saturated carbocycles. The van der Waals surface area contributed by atoms with E-state index in [0.29, 0.717) is 12.1 Å². The van der Waals surface area contributed by atoms with Crippen LogP contribution in [-0.2, 0) is 36.3 Å². The van der Waals surface area contributed by atoms with Gasteiger partial charge < -0.3 is 10.0 Å². The fraction of sp³-hybridized carbons (Fsp3) is 0.562. The number of carboxylic acids is 1. The molecule has 1 N–H and O–H groups in total. The number of halogens is 8. The molecular formula is C32H31F8NO5S. The molecule has 0 aromatic heterocycles. The van der Waals surface area contributed by atoms with Crippen LogP contribution in [0.15, 0.2) is 47.4 Å². The van der Waals surface area contributed by atoms with Gasteiger partial charge in [0.2, 0.25) is 5.91 Å². The van der Waals surface area contributed by atoms with Gasteiger partial charge in [0.1, 0.15) is 10.6 Å². The van der Waals surface area contributed by atoms with Crippen molar-refractivity contribution < 1.29 is 58.2 Å². The molecule has 5 aliphatic rings. The molecule has 256 valence electrons. The minimum atomic E-state index is -6.37. The third kappa shape index (κ3) is 4.64. The molecule has 47 heavy (non-hydrogen) atoms. The fourth-order valence-corrected chi connectivity index (χ4v) is 11.1. The second-order valence-corrected chi connectivity index (χ2v) is 15.6. The van der Waals surface area contributed by atoms with Crippen LogP contribution >= 0.6 is 0 Å². The van der Waals surface area contributed by atoms with E-state index in [4.69, 9.17) is 0 Å². The van der Waals surface area contributed by atoms with Gasteiger partial charge in [0, 0.05) is 17.5 Å². The summed E-state index contributed by atoms with van der Waals surface area (Å²) in [7, 11) is -4.63. The third-order valence-electron chi connectivity index (χ3n) is 11.3. The Hall–Kier alpha value is -3.23. The maximum Gasteiger partial charge on any atom is 0.435 e. The first-order valence-electron chi connectivity index (χ1n) is 15.3. The van der Waals surface area contributed by atoms with Gasteiger partial charge in [-0.15, -0.1) is 0 Å². The summed E-state index contributed by atoms with van der Waals surface area (Å²) in [4.78, 5) is 27.5. The second kappa shape index (κ2) is 10.6. The van der Waals surface area contributed by atoms with Gasteiger partial charge in [0.25, 0.3) is 0 Å². The number of fused-ring (bicyclic) bond motifs is 6. The van der Waals surface area contributed by atoms with Crippen LogP contribution in [0.4, 0.5) is 35.1 Å². The second-order valence-electron chi connectivity index (χ2n) is 13.4. The van der Waals surface area contributed by atoms with Gasteiger partial charge in [0.15, 0.2) is 9.84 Å². The Bertz CT molecular complexity index is 1680. The van der Waals surface area contributed by atoms with E-state index in [1.165, 1.54) is 4.90 Å². The van der Waals surface area contributed by atoms with Crippen molar-refractivity contribution in [3.8, 4) is 0 Å². The van der Waals surface area contributed by atoms with E-state index in [0.717, 1.165) is 30.3 Å². The number of carbonyl (C=O) groups excluding carboxylic acids is 1. The third-order valence-corrected chi connectivity index (χ3v) is 13.9. The number of nitrogens with zero attached hydrogens (tertiary/aromatic N) is 1. The molecule has 1 heterocycles. The number of carbonyl (C=O) groups is 2. The van der Waals surface area contributed by atoms with Crippen LogP contribution in [0.3, 0.4) is 0 Å². The largest absolute Gasteiger partial charge is 0.481 e. The summed E-state index contributed by atoms with van der Waals surface area (Å²) in [5, 5.41) is 9.81. The first-order valence-corrected chi connectivity index (χ1v) is 16.8. The number of aliphatic carboxylic acids is 1. The first-order chi connectivity index (χ1) is 21.8. The Morgan fingerprint density at radius 1 is 0.809 bits per heavy atom. The lowest BCUT2D eigenvalue weighted by Crippen LogP contribution is -2.65. The number of aryl methyl sites for hydroxylation is 1. The quantitative estimate of drug-likeness (QED) is 0.266. The summed E-state index contributed by atoms with van der Waals surface area (Å²) in [6.07, 6.45) is -11.6. The number of hydrogen-bond donors (Lipinski definition) is 1. The standard InChI is InChI=1S/C32H31F8NO5S/c33-21-4-6-22(7-5-21)47(45,46)29-10-1-17-41(25(42)27-11-14-28(15-12-27,16-13-27)26(43)44)24(29)9-2-19-18-20(3-8-23(19)29)30(34,31(35,36)37)32(38,39)40/h3-8,18,24H,1-2,9-17H2,(H,43,44). The minimum Gasteiger partial charge on any atom is -0.481 e. The summed E-state index contributed by atoms with van der Waals surface area (Å²) < 4.78 is 138. The Morgan fingerprint density at radius 2 is 1.36 bits per heavy atom. The molecule has 6 nitrogen and oxygen atoms in total. The number of carboxylic acid groups (broad SMARTS) is 1. The number of sulfone groups is 1. The van der Waals surface area contributed by atoms with Crippen molar-refractivity contribution in [3.63, 3.8) is 0 Å². The summed E-state index contributed by atoms with van der Waals surface area (Å²) in [6, 6.07) is 4.22. The molecule has 2 unspecified atom stereocenters. The van der Waals surface area contributed by atoms with E-state index in [2.05, 4.69) is 0 Å². The van der Waals surface area contributed by atoms with Crippen molar-refractivity contribution in [1.29, 1.82) is 0 Å². The van der Waals surface area contributed by atoms with Gasteiger partial charge in [-0.25, -0.2) is 17.2 Å². The molecule has 2 atom stereocenters. The summed E-state index contributed by atoms with van der Waals surface area (Å²) in [5.74, 6) is -2.05. The zero-order chi connectivity index (χ0) is 34.4. The lowest BCUT2D eigenvalue weighted by Gasteiger charge is -2.57. The normalized spacial score (nSPS) is 29.6. The van der Waals surface area contributed by atoms with Gasteiger partial charge in [-0.1, -0.05) is 18.2 Å². The van der Waals surface area contributed by atoms with Crippen LogP contribution in [0.25, 0.3) is 0 Å². The van der Waals surface area contributed by atoms with Crippen molar-refractivity contribution >= 4 is 21.7 Å². The van der Waals surface area contributed by atoms with Gasteiger partial charge in [-0.3, -0.25) is 9.59 Å². The topological polar surface area (TPSA) is 91.8 Å². The number of amides is 1. The van der Waals surface area contributed by atoms with Crippen LogP contribution in [0.2, 0.25) is 0 Å². The summed E-state index contributed by atoms with van der Waals surface area (Å²) in [5.41, 5.74) is -9.71. The van der Waals surface area contributed by atoms with E-state index in [1.54, 1.807) is 0 Å². The SMILES string of the molecule is O=C(O)C12CCC(C(=O)N3CCCC4(S(=O)(=O)c5ccc(F)cc5)c5ccc(C(F)(C(F)(F)F)C(F)(F)F)cc5CCC34)(CC1)CC2. The number of piperidine rings is 1. The predicted molar refractivity (Wildman–Crippen MR) is 150 cm³/mol. The monoisotopic (exact) mass is 693 g/mol. The lowest BCUT2D eigenvalue weighted by molar-refractivity contribution is -0.348. The summed E-state index contributed by atoms with van der Waals surface area (Å²) >= 11 is 0. The zero-order valence-corrected chi connectivity index (χ0v) is 25.7. The Labute approximate surface area is 265 Å². The highest BCUT2D eigenvalue weighted by Gasteiger charge is 2.74. The van der Waals surface area contributed by atoms with E-state index in [9.17, 15) is 53.8 Å². The molecule has 15 heteroatoms. The molecule has 0 spiro atoms. The minimum absolute atomic E-state index is 0.0944. The molecule has 4 aliphatic carbocycles. The molecule has 2 bridgehead atoms. The number of alkyl halides is 7. The maximum atomic E-state index is 15.1. The maximum absolute atomic E-state index is 15.1. The summed E-state index contributed by atoms with van der Waals surface area (Å²) in [6.45, 7) is 0.124. The molecule has 1 amide bonds. The Balaban J connectivity index is 1.49. The molecule has 1 saturated heterocycles. The van der Waals surface area contributed by atoms with Crippen LogP contribution in [0.5, 0.6) is 0 Å². The van der Waals surface area contributed by atoms with Crippen molar-refractivity contribution in [3.05, 3.63) is 65.0 Å². The van der Waals surface area contributed by atoms with Crippen molar-refractivity contribution in [2.75, 3.05) is 6.54 Å². The average molecular weight is 694 g/mol. The van der Waals surface area contributed by atoms with Gasteiger partial charge in [-0.2, -0.15) is 26.3 Å². The van der Waals surface area contributed by atoms with E-state index < -0.39 is 66.8 Å². The molecule has 2 aromatic rings. The molecule has 4 fully saturated rings. The molecule has 7 rings (SSSR count). The van der Waals surface area contributed by atoms with Crippen molar-refractivity contribution in [2.24, 2.45) is 10.8 Å². The van der Waals surface area contributed by atoms with Gasteiger partial charge >= 0.3 is 24.0 Å². The first kappa shape index (κ1) is 33.7. The average Bonchev–Trinajstić information content (AvgIpc) is 3.03. The molecule has 2 aromatic carbocycles. The molecular weight excluding hydrogens is 662 g/mol. The van der Waals surface area contributed by atoms with Crippen molar-refractivity contribution in [1.82, 2.24) is 4.90 Å². The highest BCUT2D eigenvalue weighted by atomic mass is 32.2. The van der Waals surface area contributed by atoms with E-state index in [1.807, 2.05) is 0 Å². The highest BCUT2D eigenvalue weighted by molar-refractivity contribution is 7.92. The zero-order valence-electron chi connectivity index (χ0n) is 24.9. The predicted octanol–water partition coefficient (Wildman–Crippen LogP) is 7.15. The molecule has 0 radical (unpaired) electrons.